The maximum absolute atomic E-state index is 10.1. The molecule has 0 radical (unpaired) electrons. The van der Waals surface area contributed by atoms with Gasteiger partial charge in [-0.25, -0.2) is 0 Å². The predicted octanol–water partition coefficient (Wildman–Crippen LogP) is 2.50. The molecule has 0 aliphatic rings. The lowest BCUT2D eigenvalue weighted by atomic mass is 10.1. The maximum atomic E-state index is 10.1. The number of aromatic nitrogens is 1. The number of hydrogen-bond donors (Lipinski definition) is 1. The van der Waals surface area contributed by atoms with Crippen molar-refractivity contribution in [2.24, 2.45) is 0 Å². The molecule has 2 rings (SSSR count). The molecule has 4 heteroatoms. The molecule has 0 aliphatic carbocycles. The fourth-order valence-corrected chi connectivity index (χ4v) is 1.57. The molecule has 0 fully saturated rings. The Morgan fingerprint density at radius 1 is 1.40 bits per heavy atom. The number of nitrogens with one attached hydrogen (secondary N) is 1. The standard InChI is InChI=1S/C11H10N2O2/c14-13(15)7-3-4-9-8-12-11-6-2-1-5-10(9)11/h1-3,5-8,12H,4H2. The van der Waals surface area contributed by atoms with Crippen LogP contribution < -0.4 is 0 Å². The fourth-order valence-electron chi connectivity index (χ4n) is 1.57. The summed E-state index contributed by atoms with van der Waals surface area (Å²) in [7, 11) is 0. The van der Waals surface area contributed by atoms with Crippen LogP contribution in [-0.2, 0) is 6.42 Å². The molecular formula is C11H10N2O2. The first-order valence-corrected chi connectivity index (χ1v) is 4.62. The molecule has 76 valence electrons. The van der Waals surface area contributed by atoms with Gasteiger partial charge in [-0.05, 0) is 24.1 Å². The first kappa shape index (κ1) is 9.45. The minimum atomic E-state index is -0.450. The number of H-pyrrole nitrogens is 1. The average molecular weight is 202 g/mol. The fraction of sp³-hybridized carbons (Fsp3) is 0.0909. The van der Waals surface area contributed by atoms with Gasteiger partial charge < -0.3 is 4.98 Å². The molecule has 0 unspecified atom stereocenters. The Labute approximate surface area is 86.4 Å². The van der Waals surface area contributed by atoms with E-state index in [1.165, 1.54) is 0 Å². The highest BCUT2D eigenvalue weighted by Crippen LogP contribution is 2.18. The van der Waals surface area contributed by atoms with Crippen molar-refractivity contribution in [3.63, 3.8) is 0 Å². The van der Waals surface area contributed by atoms with Crippen LogP contribution in [0.3, 0.4) is 0 Å². The molecule has 1 aromatic carbocycles. The molecule has 0 saturated carbocycles. The summed E-state index contributed by atoms with van der Waals surface area (Å²) in [4.78, 5) is 12.8. The zero-order valence-corrected chi connectivity index (χ0v) is 8.01. The lowest BCUT2D eigenvalue weighted by molar-refractivity contribution is -0.402. The number of rotatable bonds is 3. The van der Waals surface area contributed by atoms with E-state index in [2.05, 4.69) is 4.98 Å². The lowest BCUT2D eigenvalue weighted by Crippen LogP contribution is -1.84. The van der Waals surface area contributed by atoms with Crippen molar-refractivity contribution >= 4 is 10.9 Å². The van der Waals surface area contributed by atoms with Gasteiger partial charge in [-0.1, -0.05) is 18.2 Å². The van der Waals surface area contributed by atoms with Crippen molar-refractivity contribution in [1.82, 2.24) is 4.98 Å². The highest BCUT2D eigenvalue weighted by Gasteiger charge is 2.00. The van der Waals surface area contributed by atoms with E-state index < -0.39 is 4.92 Å². The van der Waals surface area contributed by atoms with Gasteiger partial charge in [0.05, 0.1) is 4.92 Å². The summed E-state index contributed by atoms with van der Waals surface area (Å²) in [5, 5.41) is 11.2. The Kier molecular flexibility index (Phi) is 2.49. The number of allylic oxidation sites excluding steroid dienone is 1. The van der Waals surface area contributed by atoms with Gasteiger partial charge in [-0.3, -0.25) is 10.1 Å². The second-order valence-corrected chi connectivity index (χ2v) is 3.23. The van der Waals surface area contributed by atoms with Crippen LogP contribution in [0.2, 0.25) is 0 Å². The van der Waals surface area contributed by atoms with E-state index >= 15 is 0 Å². The molecule has 1 N–H and O–H groups in total. The van der Waals surface area contributed by atoms with Crippen LogP contribution in [0.15, 0.2) is 42.7 Å². The van der Waals surface area contributed by atoms with E-state index in [1.807, 2.05) is 30.5 Å². The summed E-state index contributed by atoms with van der Waals surface area (Å²) in [6.07, 6.45) is 4.98. The molecule has 1 heterocycles. The lowest BCUT2D eigenvalue weighted by Gasteiger charge is -1.91. The van der Waals surface area contributed by atoms with E-state index in [0.717, 1.165) is 22.7 Å². The Morgan fingerprint density at radius 2 is 2.20 bits per heavy atom. The number of fused-ring (bicyclic) bond motifs is 1. The monoisotopic (exact) mass is 202 g/mol. The van der Waals surface area contributed by atoms with Crippen LogP contribution in [0.4, 0.5) is 0 Å². The van der Waals surface area contributed by atoms with Crippen LogP contribution in [0.1, 0.15) is 5.56 Å². The minimum Gasteiger partial charge on any atom is -0.361 e. The third-order valence-electron chi connectivity index (χ3n) is 2.24. The highest BCUT2D eigenvalue weighted by molar-refractivity contribution is 5.83. The van der Waals surface area contributed by atoms with E-state index in [-0.39, 0.29) is 0 Å². The quantitative estimate of drug-likeness (QED) is 0.614. The van der Waals surface area contributed by atoms with Gasteiger partial charge >= 0.3 is 0 Å². The average Bonchev–Trinajstić information content (AvgIpc) is 2.62. The topological polar surface area (TPSA) is 58.9 Å². The van der Waals surface area contributed by atoms with Crippen molar-refractivity contribution in [2.45, 2.75) is 6.42 Å². The van der Waals surface area contributed by atoms with Crippen molar-refractivity contribution < 1.29 is 4.92 Å². The molecule has 2 aromatic rings. The molecule has 15 heavy (non-hydrogen) atoms. The van der Waals surface area contributed by atoms with E-state index in [4.69, 9.17) is 0 Å². The first-order valence-electron chi connectivity index (χ1n) is 4.62. The molecule has 0 bridgehead atoms. The van der Waals surface area contributed by atoms with Crippen LogP contribution in [-0.4, -0.2) is 9.91 Å². The van der Waals surface area contributed by atoms with Gasteiger partial charge in [0.15, 0.2) is 0 Å². The molecule has 0 atom stereocenters. The normalized spacial score (nSPS) is 11.2. The van der Waals surface area contributed by atoms with Gasteiger partial charge in [0.2, 0.25) is 6.20 Å². The molecule has 0 spiro atoms. The van der Waals surface area contributed by atoms with Gasteiger partial charge in [0.1, 0.15) is 0 Å². The number of nitro groups is 1. The van der Waals surface area contributed by atoms with Gasteiger partial charge in [0.25, 0.3) is 0 Å². The molecule has 0 aliphatic heterocycles. The first-order chi connectivity index (χ1) is 7.27. The number of para-hydroxylation sites is 1. The van der Waals surface area contributed by atoms with Crippen LogP contribution in [0.25, 0.3) is 10.9 Å². The largest absolute Gasteiger partial charge is 0.361 e. The van der Waals surface area contributed by atoms with Crippen molar-refractivity contribution in [2.75, 3.05) is 0 Å². The SMILES string of the molecule is O=[N+]([O-])C=CCc1c[nH]c2ccccc12. The Hall–Kier alpha value is -2.10. The third-order valence-corrected chi connectivity index (χ3v) is 2.24. The van der Waals surface area contributed by atoms with Gasteiger partial charge in [-0.2, -0.15) is 0 Å². The number of aromatic amines is 1. The van der Waals surface area contributed by atoms with Gasteiger partial charge in [0, 0.05) is 17.1 Å². The summed E-state index contributed by atoms with van der Waals surface area (Å²) >= 11 is 0. The highest BCUT2D eigenvalue weighted by atomic mass is 16.6. The molecule has 0 saturated heterocycles. The number of nitrogens with zero attached hydrogens (tertiary/aromatic N) is 1. The molecule has 4 nitrogen and oxygen atoms in total. The number of benzene rings is 1. The zero-order chi connectivity index (χ0) is 10.7. The van der Waals surface area contributed by atoms with Crippen LogP contribution in [0.5, 0.6) is 0 Å². The zero-order valence-electron chi connectivity index (χ0n) is 8.01. The minimum absolute atomic E-state index is 0.450. The summed E-state index contributed by atoms with van der Waals surface area (Å²) in [6, 6.07) is 7.89. The summed E-state index contributed by atoms with van der Waals surface area (Å²) in [6.45, 7) is 0. The van der Waals surface area contributed by atoms with Crippen molar-refractivity contribution in [1.29, 1.82) is 0 Å². The second-order valence-electron chi connectivity index (χ2n) is 3.23. The molecule has 0 amide bonds. The molecular weight excluding hydrogens is 192 g/mol. The van der Waals surface area contributed by atoms with E-state index in [1.54, 1.807) is 6.08 Å². The summed E-state index contributed by atoms with van der Waals surface area (Å²) in [5.41, 5.74) is 2.13. The van der Waals surface area contributed by atoms with Gasteiger partial charge in [-0.15, -0.1) is 0 Å². The summed E-state index contributed by atoms with van der Waals surface area (Å²) in [5.74, 6) is 0. The Balaban J connectivity index is 2.25. The van der Waals surface area contributed by atoms with Crippen molar-refractivity contribution in [3.8, 4) is 0 Å². The summed E-state index contributed by atoms with van der Waals surface area (Å²) < 4.78 is 0. The van der Waals surface area contributed by atoms with Crippen LogP contribution >= 0.6 is 0 Å². The smallest absolute Gasteiger partial charge is 0.230 e. The third kappa shape index (κ3) is 2.04. The van der Waals surface area contributed by atoms with Crippen molar-refractivity contribution in [3.05, 3.63) is 58.4 Å². The molecule has 1 aromatic heterocycles. The Morgan fingerprint density at radius 3 is 3.00 bits per heavy atom. The maximum Gasteiger partial charge on any atom is 0.230 e. The van der Waals surface area contributed by atoms with E-state index in [9.17, 15) is 10.1 Å². The van der Waals surface area contributed by atoms with Crippen LogP contribution in [0, 0.1) is 10.1 Å². The predicted molar refractivity (Wildman–Crippen MR) is 58.1 cm³/mol. The van der Waals surface area contributed by atoms with E-state index in [0.29, 0.717) is 6.42 Å². The number of hydrogen-bond acceptors (Lipinski definition) is 2. The Bertz CT molecular complexity index is 514. The second kappa shape index (κ2) is 3.96.